The van der Waals surface area contributed by atoms with Crippen LogP contribution in [0.1, 0.15) is 33.1 Å². The molecule has 0 atom stereocenters. The molecule has 1 aromatic rings. The second-order valence-corrected chi connectivity index (χ2v) is 7.83. The minimum absolute atomic E-state index is 0.173. The van der Waals surface area contributed by atoms with Gasteiger partial charge in [-0.1, -0.05) is 49.6 Å². The van der Waals surface area contributed by atoms with E-state index in [0.717, 1.165) is 30.6 Å². The topological polar surface area (TPSA) is 59.1 Å². The van der Waals surface area contributed by atoms with E-state index in [4.69, 9.17) is 11.6 Å². The number of hydrogen-bond donors (Lipinski definition) is 1. The molecule has 0 bridgehead atoms. The number of nitrogens with zero attached hydrogens (tertiary/aromatic N) is 1. The highest BCUT2D eigenvalue weighted by atomic mass is 35.5. The smallest absolute Gasteiger partial charge is 0.232 e. The second-order valence-electron chi connectivity index (χ2n) is 4.22. The summed E-state index contributed by atoms with van der Waals surface area (Å²) in [7, 11) is -3.42. The van der Waals surface area contributed by atoms with Gasteiger partial charge in [-0.3, -0.25) is 0 Å². The number of thiazole rings is 1. The zero-order chi connectivity index (χ0) is 12.9. The number of aromatic nitrogens is 1. The van der Waals surface area contributed by atoms with Crippen molar-refractivity contribution in [3.63, 3.8) is 0 Å². The summed E-state index contributed by atoms with van der Waals surface area (Å²) < 4.78 is 26.4. The lowest BCUT2D eigenvalue weighted by Gasteiger charge is -2.05. The molecule has 1 rings (SSSR count). The van der Waals surface area contributed by atoms with Crippen molar-refractivity contribution in [3.05, 3.63) is 10.7 Å². The second kappa shape index (κ2) is 6.68. The largest absolute Gasteiger partial charge is 0.251 e. The van der Waals surface area contributed by atoms with E-state index in [2.05, 4.69) is 23.6 Å². The molecule has 0 saturated heterocycles. The van der Waals surface area contributed by atoms with Crippen LogP contribution < -0.4 is 4.72 Å². The first-order valence-corrected chi connectivity index (χ1v) is 8.20. The van der Waals surface area contributed by atoms with Gasteiger partial charge in [-0.2, -0.15) is 0 Å². The van der Waals surface area contributed by atoms with Crippen LogP contribution in [0, 0.1) is 5.92 Å². The van der Waals surface area contributed by atoms with E-state index >= 15 is 0 Å². The molecule has 17 heavy (non-hydrogen) atoms. The van der Waals surface area contributed by atoms with Gasteiger partial charge < -0.3 is 0 Å². The first-order valence-electron chi connectivity index (χ1n) is 5.53. The summed E-state index contributed by atoms with van der Waals surface area (Å²) in [5.74, 6) is 0.659. The van der Waals surface area contributed by atoms with Crippen molar-refractivity contribution in [2.75, 3.05) is 6.54 Å². The van der Waals surface area contributed by atoms with Crippen LogP contribution in [0.5, 0.6) is 0 Å². The summed E-state index contributed by atoms with van der Waals surface area (Å²) in [5.41, 5.74) is 0. The lowest BCUT2D eigenvalue weighted by Crippen LogP contribution is -2.24. The van der Waals surface area contributed by atoms with Gasteiger partial charge in [-0.15, -0.1) is 0 Å². The zero-order valence-corrected chi connectivity index (χ0v) is 12.3. The standard InChI is InChI=1S/C10H17ClN2O2S2/c1-8(2)5-3-4-6-13-17(14,15)9-7-12-10(11)16-9/h7-8,13H,3-6H2,1-2H3. The third-order valence-electron chi connectivity index (χ3n) is 2.22. The molecule has 4 nitrogen and oxygen atoms in total. The molecule has 1 aromatic heterocycles. The maximum Gasteiger partial charge on any atom is 0.251 e. The van der Waals surface area contributed by atoms with Gasteiger partial charge in [0.1, 0.15) is 0 Å². The zero-order valence-electron chi connectivity index (χ0n) is 9.94. The first kappa shape index (κ1) is 14.9. The molecule has 0 amide bonds. The van der Waals surface area contributed by atoms with Gasteiger partial charge in [-0.05, 0) is 12.3 Å². The Hall–Kier alpha value is -0.170. The summed E-state index contributed by atoms with van der Waals surface area (Å²) in [4.78, 5) is 3.72. The fraction of sp³-hybridized carbons (Fsp3) is 0.700. The predicted octanol–water partition coefficient (Wildman–Crippen LogP) is 2.90. The average Bonchev–Trinajstić information content (AvgIpc) is 2.64. The summed E-state index contributed by atoms with van der Waals surface area (Å²) in [6.45, 7) is 4.78. The first-order chi connectivity index (χ1) is 7.92. The normalized spacial score (nSPS) is 12.2. The third kappa shape index (κ3) is 5.33. The van der Waals surface area contributed by atoms with E-state index in [1.807, 2.05) is 0 Å². The van der Waals surface area contributed by atoms with E-state index < -0.39 is 10.0 Å². The van der Waals surface area contributed by atoms with Crippen LogP contribution in [0.2, 0.25) is 4.47 Å². The van der Waals surface area contributed by atoms with E-state index in [-0.39, 0.29) is 8.68 Å². The third-order valence-corrected chi connectivity index (χ3v) is 5.26. The fourth-order valence-electron chi connectivity index (χ4n) is 1.32. The minimum atomic E-state index is -3.42. The number of sulfonamides is 1. The molecule has 0 fully saturated rings. The number of nitrogens with one attached hydrogen (secondary N) is 1. The molecule has 0 aliphatic heterocycles. The van der Waals surface area contributed by atoms with Gasteiger partial charge in [0, 0.05) is 6.54 Å². The molecule has 0 spiro atoms. The maximum absolute atomic E-state index is 11.7. The molecule has 0 unspecified atom stereocenters. The number of rotatable bonds is 7. The maximum atomic E-state index is 11.7. The van der Waals surface area contributed by atoms with Crippen molar-refractivity contribution in [1.82, 2.24) is 9.71 Å². The molecule has 7 heteroatoms. The molecule has 0 aliphatic rings. The molecule has 0 aromatic carbocycles. The van der Waals surface area contributed by atoms with Crippen LogP contribution in [0.3, 0.4) is 0 Å². The van der Waals surface area contributed by atoms with Crippen LogP contribution in [0.25, 0.3) is 0 Å². The van der Waals surface area contributed by atoms with E-state index in [1.54, 1.807) is 0 Å². The Bertz CT molecular complexity index is 443. The molecular weight excluding hydrogens is 280 g/mol. The van der Waals surface area contributed by atoms with Crippen molar-refractivity contribution < 1.29 is 8.42 Å². The lowest BCUT2D eigenvalue weighted by molar-refractivity contribution is 0.531. The minimum Gasteiger partial charge on any atom is -0.232 e. The lowest BCUT2D eigenvalue weighted by atomic mass is 10.1. The van der Waals surface area contributed by atoms with Gasteiger partial charge >= 0.3 is 0 Å². The van der Waals surface area contributed by atoms with Crippen LogP contribution in [0.15, 0.2) is 10.4 Å². The van der Waals surface area contributed by atoms with E-state index in [9.17, 15) is 8.42 Å². The molecule has 0 aliphatic carbocycles. The van der Waals surface area contributed by atoms with E-state index in [0.29, 0.717) is 12.5 Å². The van der Waals surface area contributed by atoms with Crippen molar-refractivity contribution in [2.45, 2.75) is 37.3 Å². The average molecular weight is 297 g/mol. The number of unbranched alkanes of at least 4 members (excludes halogenated alkanes) is 1. The monoisotopic (exact) mass is 296 g/mol. The molecular formula is C10H17ClN2O2S2. The Morgan fingerprint density at radius 1 is 1.47 bits per heavy atom. The quantitative estimate of drug-likeness (QED) is 0.787. The fourth-order valence-corrected chi connectivity index (χ4v) is 3.73. The molecule has 1 heterocycles. The molecule has 98 valence electrons. The van der Waals surface area contributed by atoms with Gasteiger partial charge in [0.15, 0.2) is 8.68 Å². The number of halogens is 1. The summed E-state index contributed by atoms with van der Waals surface area (Å²) in [6, 6.07) is 0. The SMILES string of the molecule is CC(C)CCCCNS(=O)(=O)c1cnc(Cl)s1. The Morgan fingerprint density at radius 2 is 2.18 bits per heavy atom. The molecule has 0 radical (unpaired) electrons. The summed E-state index contributed by atoms with van der Waals surface area (Å²) >= 11 is 6.57. The van der Waals surface area contributed by atoms with Crippen molar-refractivity contribution in [2.24, 2.45) is 5.92 Å². The van der Waals surface area contributed by atoms with Gasteiger partial charge in [0.2, 0.25) is 0 Å². The summed E-state index contributed by atoms with van der Waals surface area (Å²) in [6.07, 6.45) is 4.28. The van der Waals surface area contributed by atoms with Gasteiger partial charge in [0.05, 0.1) is 6.20 Å². The highest BCUT2D eigenvalue weighted by molar-refractivity contribution is 7.91. The van der Waals surface area contributed by atoms with Gasteiger partial charge in [-0.25, -0.2) is 18.1 Å². The van der Waals surface area contributed by atoms with E-state index in [1.165, 1.54) is 6.20 Å². The highest BCUT2D eigenvalue weighted by Gasteiger charge is 2.16. The van der Waals surface area contributed by atoms with Gasteiger partial charge in [0.25, 0.3) is 10.0 Å². The van der Waals surface area contributed by atoms with Crippen molar-refractivity contribution >= 4 is 33.0 Å². The van der Waals surface area contributed by atoms with Crippen molar-refractivity contribution in [3.8, 4) is 0 Å². The predicted molar refractivity (Wildman–Crippen MR) is 71.0 cm³/mol. The summed E-state index contributed by atoms with van der Waals surface area (Å²) in [5, 5.41) is 0. The van der Waals surface area contributed by atoms with Crippen LogP contribution >= 0.6 is 22.9 Å². The van der Waals surface area contributed by atoms with Crippen LogP contribution in [-0.4, -0.2) is 19.9 Å². The Balaban J connectivity index is 2.36. The van der Waals surface area contributed by atoms with Crippen LogP contribution in [0.4, 0.5) is 0 Å². The molecule has 0 saturated carbocycles. The highest BCUT2D eigenvalue weighted by Crippen LogP contribution is 2.22. The molecule has 1 N–H and O–H groups in total. The Labute approximate surface area is 111 Å². The van der Waals surface area contributed by atoms with Crippen molar-refractivity contribution in [1.29, 1.82) is 0 Å². The van der Waals surface area contributed by atoms with Crippen LogP contribution in [-0.2, 0) is 10.0 Å². The number of hydrogen-bond acceptors (Lipinski definition) is 4. The Kier molecular flexibility index (Phi) is 5.85. The Morgan fingerprint density at radius 3 is 2.71 bits per heavy atom.